The number of piperidine rings is 1. The van der Waals surface area contributed by atoms with Gasteiger partial charge in [-0.1, -0.05) is 36.8 Å². The summed E-state index contributed by atoms with van der Waals surface area (Å²) in [7, 11) is 1.64. The lowest BCUT2D eigenvalue weighted by molar-refractivity contribution is -0.138. The number of urea groups is 1. The van der Waals surface area contributed by atoms with Crippen LogP contribution in [0.3, 0.4) is 0 Å². The van der Waals surface area contributed by atoms with Crippen LogP contribution >= 0.6 is 0 Å². The highest BCUT2D eigenvalue weighted by Gasteiger charge is 2.62. The number of amides is 4. The minimum Gasteiger partial charge on any atom is -0.341 e. The molecule has 0 radical (unpaired) electrons. The Hall–Kier alpha value is -2.41. The number of benzene rings is 1. The van der Waals surface area contributed by atoms with E-state index in [0.29, 0.717) is 29.8 Å². The third kappa shape index (κ3) is 3.60. The molecule has 4 aliphatic heterocycles. The van der Waals surface area contributed by atoms with Crippen LogP contribution in [0.2, 0.25) is 0 Å². The molecule has 4 saturated heterocycles. The molecule has 1 saturated carbocycles. The molecule has 4 amide bonds. The first-order valence-electron chi connectivity index (χ1n) is 14.0. The van der Waals surface area contributed by atoms with Crippen molar-refractivity contribution in [2.75, 3.05) is 26.7 Å². The number of carbonyl (C=O) groups is 3. The number of nitrogens with zero attached hydrogens (tertiary/aromatic N) is 4. The minimum absolute atomic E-state index is 0.000666. The van der Waals surface area contributed by atoms with Gasteiger partial charge in [-0.25, -0.2) is 4.79 Å². The topological polar surface area (TPSA) is 64.2 Å². The molecule has 0 N–H and O–H groups in total. The third-order valence-corrected chi connectivity index (χ3v) is 9.97. The van der Waals surface area contributed by atoms with Gasteiger partial charge in [-0.05, 0) is 63.9 Å². The van der Waals surface area contributed by atoms with Gasteiger partial charge in [0.15, 0.2) is 0 Å². The van der Waals surface area contributed by atoms with Gasteiger partial charge in [-0.2, -0.15) is 0 Å². The molecular weight excluding hydrogens is 452 g/mol. The molecule has 36 heavy (non-hydrogen) atoms. The average molecular weight is 493 g/mol. The van der Waals surface area contributed by atoms with Crippen molar-refractivity contribution in [3.05, 3.63) is 35.9 Å². The monoisotopic (exact) mass is 492 g/mol. The molecule has 1 aliphatic carbocycles. The Balaban J connectivity index is 1.23. The summed E-state index contributed by atoms with van der Waals surface area (Å²) in [4.78, 5) is 47.6. The van der Waals surface area contributed by atoms with Crippen molar-refractivity contribution < 1.29 is 14.4 Å². The van der Waals surface area contributed by atoms with Crippen LogP contribution in [0.15, 0.2) is 30.3 Å². The fraction of sp³-hybridized carbons (Fsp3) is 0.690. The minimum atomic E-state index is -0.691. The van der Waals surface area contributed by atoms with E-state index in [2.05, 4.69) is 40.1 Å². The maximum absolute atomic E-state index is 13.4. The number of carbonyl (C=O) groups excluding carboxylic acids is 3. The number of likely N-dealkylation sites (tertiary alicyclic amines) is 1. The van der Waals surface area contributed by atoms with Crippen LogP contribution in [-0.2, 0) is 9.59 Å². The van der Waals surface area contributed by atoms with E-state index < -0.39 is 5.54 Å². The van der Waals surface area contributed by atoms with E-state index in [0.717, 1.165) is 58.2 Å². The molecule has 2 bridgehead atoms. The molecule has 6 rings (SSSR count). The van der Waals surface area contributed by atoms with Crippen LogP contribution in [0.1, 0.15) is 70.3 Å². The maximum atomic E-state index is 13.4. The van der Waals surface area contributed by atoms with Crippen LogP contribution in [0.4, 0.5) is 4.79 Å². The van der Waals surface area contributed by atoms with Crippen molar-refractivity contribution >= 4 is 17.8 Å². The molecule has 194 valence electrons. The Kier molecular flexibility index (Phi) is 5.90. The summed E-state index contributed by atoms with van der Waals surface area (Å²) in [5, 5.41) is 0. The summed E-state index contributed by atoms with van der Waals surface area (Å²) in [6.45, 7) is 6.65. The zero-order valence-electron chi connectivity index (χ0n) is 21.9. The number of rotatable bonds is 5. The predicted octanol–water partition coefficient (Wildman–Crippen LogP) is 3.70. The summed E-state index contributed by atoms with van der Waals surface area (Å²) in [5.41, 5.74) is 0.639. The molecule has 4 atom stereocenters. The van der Waals surface area contributed by atoms with E-state index in [4.69, 9.17) is 0 Å². The Bertz CT molecular complexity index is 1020. The maximum Gasteiger partial charge on any atom is 0.327 e. The average Bonchev–Trinajstić information content (AvgIpc) is 3.40. The molecule has 1 aromatic rings. The molecule has 1 aromatic carbocycles. The predicted molar refractivity (Wildman–Crippen MR) is 137 cm³/mol. The fourth-order valence-corrected chi connectivity index (χ4v) is 8.05. The first kappa shape index (κ1) is 24.0. The summed E-state index contributed by atoms with van der Waals surface area (Å²) in [6, 6.07) is 11.2. The van der Waals surface area contributed by atoms with Crippen LogP contribution in [0.5, 0.6) is 0 Å². The van der Waals surface area contributed by atoms with Crippen molar-refractivity contribution in [2.45, 2.75) is 88.4 Å². The van der Waals surface area contributed by atoms with Gasteiger partial charge in [0.1, 0.15) is 5.54 Å². The van der Waals surface area contributed by atoms with Gasteiger partial charge in [-0.15, -0.1) is 0 Å². The summed E-state index contributed by atoms with van der Waals surface area (Å²) >= 11 is 0. The Morgan fingerprint density at radius 3 is 2.25 bits per heavy atom. The standard InChI is InChI=1S/C29H40N4O3/c1-19(2)33-28(36)30(3)27(35)29(33)14-23-12-13-24(15-29)32(23)17-22-16-31(26(34)21-10-7-11-21)18-25(22)20-8-5-4-6-9-20/h4-6,8-9,19,21-25H,7,10-18H2,1-3H3/t22-,23?,24?,25-,29?/m1/s1. The van der Waals surface area contributed by atoms with Crippen LogP contribution in [0, 0.1) is 11.8 Å². The van der Waals surface area contributed by atoms with E-state index in [1.807, 2.05) is 18.7 Å². The number of hydrogen-bond donors (Lipinski definition) is 0. The van der Waals surface area contributed by atoms with Gasteiger partial charge >= 0.3 is 6.03 Å². The second-order valence-electron chi connectivity index (χ2n) is 12.3. The lowest BCUT2D eigenvalue weighted by Crippen LogP contribution is -2.62. The van der Waals surface area contributed by atoms with Crippen LogP contribution < -0.4 is 0 Å². The Morgan fingerprint density at radius 1 is 1.00 bits per heavy atom. The van der Waals surface area contributed by atoms with E-state index in [-0.39, 0.29) is 23.9 Å². The number of fused-ring (bicyclic) bond motifs is 2. The lowest BCUT2D eigenvalue weighted by Gasteiger charge is -2.48. The smallest absolute Gasteiger partial charge is 0.327 e. The lowest BCUT2D eigenvalue weighted by atomic mass is 9.79. The zero-order valence-corrected chi connectivity index (χ0v) is 21.9. The highest BCUT2D eigenvalue weighted by molar-refractivity contribution is 6.07. The normalized spacial score (nSPS) is 34.9. The van der Waals surface area contributed by atoms with Gasteiger partial charge < -0.3 is 9.80 Å². The van der Waals surface area contributed by atoms with Crippen molar-refractivity contribution in [1.82, 2.24) is 19.6 Å². The largest absolute Gasteiger partial charge is 0.341 e. The molecule has 5 fully saturated rings. The zero-order chi connectivity index (χ0) is 25.2. The Labute approximate surface area is 214 Å². The second-order valence-corrected chi connectivity index (χ2v) is 12.3. The molecule has 4 heterocycles. The molecule has 7 heteroatoms. The van der Waals surface area contributed by atoms with Crippen molar-refractivity contribution in [3.8, 4) is 0 Å². The molecule has 2 unspecified atom stereocenters. The van der Waals surface area contributed by atoms with Crippen LogP contribution in [-0.4, -0.2) is 87.8 Å². The first-order valence-corrected chi connectivity index (χ1v) is 14.0. The molecule has 7 nitrogen and oxygen atoms in total. The molecule has 1 spiro atoms. The van der Waals surface area contributed by atoms with Gasteiger partial charge in [0.25, 0.3) is 5.91 Å². The Morgan fingerprint density at radius 2 is 1.67 bits per heavy atom. The first-order chi connectivity index (χ1) is 17.3. The highest BCUT2D eigenvalue weighted by atomic mass is 16.2. The molecule has 5 aliphatic rings. The van der Waals surface area contributed by atoms with Gasteiger partial charge in [0.2, 0.25) is 5.91 Å². The van der Waals surface area contributed by atoms with Gasteiger partial charge in [0.05, 0.1) is 0 Å². The van der Waals surface area contributed by atoms with Crippen LogP contribution in [0.25, 0.3) is 0 Å². The number of hydrogen-bond acceptors (Lipinski definition) is 4. The molecular formula is C29H40N4O3. The number of likely N-dealkylation sites (N-methyl/N-ethyl adjacent to an activating group) is 1. The summed E-state index contributed by atoms with van der Waals surface area (Å²) in [6.07, 6.45) is 6.88. The van der Waals surface area contributed by atoms with E-state index in [9.17, 15) is 14.4 Å². The summed E-state index contributed by atoms with van der Waals surface area (Å²) in [5.74, 6) is 1.31. The van der Waals surface area contributed by atoms with Crippen molar-refractivity contribution in [3.63, 3.8) is 0 Å². The summed E-state index contributed by atoms with van der Waals surface area (Å²) < 4.78 is 0. The second kappa shape index (κ2) is 8.86. The van der Waals surface area contributed by atoms with E-state index in [1.165, 1.54) is 16.9 Å². The number of imide groups is 1. The van der Waals surface area contributed by atoms with Gasteiger partial charge in [-0.3, -0.25) is 19.4 Å². The quantitative estimate of drug-likeness (QED) is 0.588. The third-order valence-electron chi connectivity index (χ3n) is 9.97. The van der Waals surface area contributed by atoms with Crippen molar-refractivity contribution in [1.29, 1.82) is 0 Å². The highest BCUT2D eigenvalue weighted by Crippen LogP contribution is 2.49. The SMILES string of the molecule is CC(C)N1C(=O)N(C)C(=O)C12CC1CCC(C2)N1C[C@H]1CN(C(=O)C2CCC2)C[C@@H]1c1ccccc1. The van der Waals surface area contributed by atoms with E-state index >= 15 is 0 Å². The van der Waals surface area contributed by atoms with E-state index in [1.54, 1.807) is 7.05 Å². The van der Waals surface area contributed by atoms with Gasteiger partial charge in [0, 0.05) is 56.6 Å². The van der Waals surface area contributed by atoms with Crippen molar-refractivity contribution in [2.24, 2.45) is 11.8 Å². The molecule has 0 aromatic heterocycles. The fourth-order valence-electron chi connectivity index (χ4n) is 8.05.